The second kappa shape index (κ2) is 9.58. The number of benzene rings is 2. The van der Waals surface area contributed by atoms with Gasteiger partial charge >= 0.3 is 5.97 Å². The number of aromatic carboxylic acids is 1. The highest BCUT2D eigenvalue weighted by Gasteiger charge is 2.36. The summed E-state index contributed by atoms with van der Waals surface area (Å²) in [6, 6.07) is 14.5. The van der Waals surface area contributed by atoms with Crippen molar-refractivity contribution in [3.63, 3.8) is 0 Å². The molecule has 1 fully saturated rings. The second-order valence-corrected chi connectivity index (χ2v) is 8.79. The first-order chi connectivity index (χ1) is 16.2. The number of furan rings is 1. The molecule has 172 valence electrons. The number of carboxylic acid groups (broad SMARTS) is 1. The van der Waals surface area contributed by atoms with Crippen LogP contribution in [0.2, 0.25) is 5.02 Å². The molecule has 0 saturated carbocycles. The van der Waals surface area contributed by atoms with Crippen molar-refractivity contribution in [3.8, 4) is 11.3 Å². The summed E-state index contributed by atoms with van der Waals surface area (Å²) in [6.07, 6.45) is 1.42. The maximum absolute atomic E-state index is 12.7. The third kappa shape index (κ3) is 5.05. The summed E-state index contributed by atoms with van der Waals surface area (Å²) in [5.41, 5.74) is 1.99. The normalized spacial score (nSPS) is 14.6. The summed E-state index contributed by atoms with van der Waals surface area (Å²) in [6.45, 7) is 1.38. The smallest absolute Gasteiger partial charge is 0.335 e. The number of aryl methyl sites for hydroxylation is 1. The summed E-state index contributed by atoms with van der Waals surface area (Å²) in [4.78, 5) is 49.6. The van der Waals surface area contributed by atoms with Crippen LogP contribution in [0.25, 0.3) is 17.4 Å². The molecule has 8 nitrogen and oxygen atoms in total. The van der Waals surface area contributed by atoms with Crippen LogP contribution in [0.1, 0.15) is 21.7 Å². The zero-order chi connectivity index (χ0) is 24.4. The number of hydrogen-bond donors (Lipinski definition) is 2. The molecule has 0 aliphatic carbocycles. The molecule has 3 aromatic rings. The van der Waals surface area contributed by atoms with E-state index < -0.39 is 29.6 Å². The fourth-order valence-corrected chi connectivity index (χ4v) is 4.28. The van der Waals surface area contributed by atoms with E-state index in [0.717, 1.165) is 10.5 Å². The van der Waals surface area contributed by atoms with Crippen molar-refractivity contribution in [1.82, 2.24) is 4.90 Å². The van der Waals surface area contributed by atoms with Crippen molar-refractivity contribution >= 4 is 58.1 Å². The summed E-state index contributed by atoms with van der Waals surface area (Å²) in [5, 5.41) is 11.7. The molecule has 2 aromatic carbocycles. The Morgan fingerprint density at radius 3 is 2.68 bits per heavy atom. The number of nitrogens with zero attached hydrogens (tertiary/aromatic N) is 1. The molecule has 1 saturated heterocycles. The first-order valence-corrected chi connectivity index (χ1v) is 11.2. The highest BCUT2D eigenvalue weighted by molar-refractivity contribution is 8.18. The van der Waals surface area contributed by atoms with E-state index >= 15 is 0 Å². The molecule has 0 spiro atoms. The molecule has 2 heterocycles. The zero-order valence-electron chi connectivity index (χ0n) is 17.7. The van der Waals surface area contributed by atoms with Gasteiger partial charge < -0.3 is 14.8 Å². The average Bonchev–Trinajstić information content (AvgIpc) is 3.34. The van der Waals surface area contributed by atoms with Gasteiger partial charge in [-0.1, -0.05) is 23.7 Å². The minimum absolute atomic E-state index is 0.109. The van der Waals surface area contributed by atoms with Crippen molar-refractivity contribution in [3.05, 3.63) is 81.4 Å². The fourth-order valence-electron chi connectivity index (χ4n) is 3.27. The van der Waals surface area contributed by atoms with Gasteiger partial charge in [0.15, 0.2) is 0 Å². The van der Waals surface area contributed by atoms with Gasteiger partial charge in [0.25, 0.3) is 11.1 Å². The molecular weight excluding hydrogens is 480 g/mol. The minimum atomic E-state index is -1.05. The number of nitrogens with one attached hydrogen (secondary N) is 1. The molecule has 1 aromatic heterocycles. The third-order valence-corrected chi connectivity index (χ3v) is 6.08. The van der Waals surface area contributed by atoms with Crippen LogP contribution in [0, 0.1) is 6.92 Å². The van der Waals surface area contributed by atoms with Gasteiger partial charge in [-0.25, -0.2) is 4.79 Å². The van der Waals surface area contributed by atoms with Crippen LogP contribution in [-0.4, -0.2) is 39.6 Å². The van der Waals surface area contributed by atoms with Gasteiger partial charge in [-0.3, -0.25) is 19.3 Å². The molecule has 0 atom stereocenters. The Morgan fingerprint density at radius 2 is 1.94 bits per heavy atom. The van der Waals surface area contributed by atoms with Crippen molar-refractivity contribution in [2.45, 2.75) is 6.92 Å². The van der Waals surface area contributed by atoms with Gasteiger partial charge in [0.05, 0.1) is 10.5 Å². The summed E-state index contributed by atoms with van der Waals surface area (Å²) >= 11 is 6.60. The molecule has 34 heavy (non-hydrogen) atoms. The fraction of sp³-hybridized carbons (Fsp3) is 0.0833. The molecule has 1 aliphatic rings. The number of halogens is 1. The maximum atomic E-state index is 12.7. The van der Waals surface area contributed by atoms with Crippen molar-refractivity contribution in [2.75, 3.05) is 11.9 Å². The Bertz CT molecular complexity index is 1360. The number of carboxylic acids is 1. The molecule has 3 amide bonds. The summed E-state index contributed by atoms with van der Waals surface area (Å²) < 4.78 is 5.78. The van der Waals surface area contributed by atoms with Crippen LogP contribution < -0.4 is 5.32 Å². The summed E-state index contributed by atoms with van der Waals surface area (Å²) in [7, 11) is 0. The number of hydrogen-bond acceptors (Lipinski definition) is 6. The van der Waals surface area contributed by atoms with Gasteiger partial charge in [-0.2, -0.15) is 0 Å². The highest BCUT2D eigenvalue weighted by Crippen LogP contribution is 2.34. The van der Waals surface area contributed by atoms with Crippen molar-refractivity contribution in [2.24, 2.45) is 0 Å². The molecule has 2 N–H and O–H groups in total. The standard InChI is InChI=1S/C24H17ClN2O6S/c1-13-5-6-14(23(30)31)9-18(13)19-8-7-17(33-19)11-20-22(29)27(24(32)34-20)12-21(28)26-16-4-2-3-15(25)10-16/h2-11H,12H2,1H3,(H,26,28)(H,30,31)/b20-11-. The van der Waals surface area contributed by atoms with Crippen molar-refractivity contribution in [1.29, 1.82) is 0 Å². The Morgan fingerprint density at radius 1 is 1.15 bits per heavy atom. The van der Waals surface area contributed by atoms with E-state index in [-0.39, 0.29) is 10.5 Å². The molecule has 0 bridgehead atoms. The number of carbonyl (C=O) groups is 4. The van der Waals surface area contributed by atoms with E-state index in [0.29, 0.717) is 39.6 Å². The van der Waals surface area contributed by atoms with E-state index in [1.165, 1.54) is 18.2 Å². The monoisotopic (exact) mass is 496 g/mol. The van der Waals surface area contributed by atoms with Gasteiger partial charge in [0.2, 0.25) is 5.91 Å². The van der Waals surface area contributed by atoms with E-state index in [9.17, 15) is 24.3 Å². The highest BCUT2D eigenvalue weighted by atomic mass is 35.5. The zero-order valence-corrected chi connectivity index (χ0v) is 19.3. The predicted octanol–water partition coefficient (Wildman–Crippen LogP) is 5.28. The van der Waals surface area contributed by atoms with E-state index in [2.05, 4.69) is 5.32 Å². The van der Waals surface area contributed by atoms with E-state index in [1.54, 1.807) is 42.5 Å². The topological polar surface area (TPSA) is 117 Å². The van der Waals surface area contributed by atoms with Crippen molar-refractivity contribution < 1.29 is 28.7 Å². The molecule has 10 heteroatoms. The lowest BCUT2D eigenvalue weighted by atomic mass is 10.0. The number of anilines is 1. The lowest BCUT2D eigenvalue weighted by Crippen LogP contribution is -2.36. The van der Waals surface area contributed by atoms with Gasteiger partial charge in [0.1, 0.15) is 18.1 Å². The third-order valence-electron chi connectivity index (χ3n) is 4.93. The number of imide groups is 1. The first kappa shape index (κ1) is 23.3. The molecule has 4 rings (SSSR count). The van der Waals surface area contributed by atoms with Gasteiger partial charge in [-0.15, -0.1) is 0 Å². The van der Waals surface area contributed by atoms with E-state index in [4.69, 9.17) is 16.0 Å². The van der Waals surface area contributed by atoms with Crippen LogP contribution in [0.3, 0.4) is 0 Å². The number of amides is 3. The first-order valence-electron chi connectivity index (χ1n) is 9.96. The van der Waals surface area contributed by atoms with Crippen LogP contribution in [-0.2, 0) is 9.59 Å². The van der Waals surface area contributed by atoms with Gasteiger partial charge in [-0.05, 0) is 66.7 Å². The van der Waals surface area contributed by atoms with Gasteiger partial charge in [0, 0.05) is 22.3 Å². The molecule has 0 unspecified atom stereocenters. The predicted molar refractivity (Wildman–Crippen MR) is 129 cm³/mol. The molecular formula is C24H17ClN2O6S. The lowest BCUT2D eigenvalue weighted by Gasteiger charge is -2.12. The van der Waals surface area contributed by atoms with Crippen LogP contribution in [0.4, 0.5) is 10.5 Å². The summed E-state index contributed by atoms with van der Waals surface area (Å²) in [5.74, 6) is -1.48. The number of carbonyl (C=O) groups excluding carboxylic acids is 3. The van der Waals surface area contributed by atoms with Crippen LogP contribution in [0.15, 0.2) is 63.9 Å². The molecule has 0 radical (unpaired) electrons. The Labute approximate surface area is 203 Å². The number of thioether (sulfide) groups is 1. The Hall–Kier alpha value is -3.82. The SMILES string of the molecule is Cc1ccc(C(=O)O)cc1-c1ccc(/C=C2\SC(=O)N(CC(=O)Nc3cccc(Cl)c3)C2=O)o1. The quantitative estimate of drug-likeness (QED) is 0.446. The van der Waals surface area contributed by atoms with Crippen LogP contribution >= 0.6 is 23.4 Å². The molecule has 1 aliphatic heterocycles. The largest absolute Gasteiger partial charge is 0.478 e. The second-order valence-electron chi connectivity index (χ2n) is 7.36. The minimum Gasteiger partial charge on any atom is -0.478 e. The van der Waals surface area contributed by atoms with Crippen LogP contribution in [0.5, 0.6) is 0 Å². The number of rotatable bonds is 6. The Balaban J connectivity index is 1.49. The Kier molecular flexibility index (Phi) is 6.58. The van der Waals surface area contributed by atoms with E-state index in [1.807, 2.05) is 6.92 Å². The average molecular weight is 497 g/mol. The maximum Gasteiger partial charge on any atom is 0.335 e. The lowest BCUT2D eigenvalue weighted by molar-refractivity contribution is -0.127.